The van der Waals surface area contributed by atoms with Crippen LogP contribution in [0.4, 0.5) is 0 Å². The first-order chi connectivity index (χ1) is 21.0. The van der Waals surface area contributed by atoms with Gasteiger partial charge in [-0.1, -0.05) is 104 Å². The predicted molar refractivity (Wildman–Crippen MR) is 210 cm³/mol. The number of hydrogen-bond acceptors (Lipinski definition) is 0. The summed E-state index contributed by atoms with van der Waals surface area (Å²) in [4.78, 5) is 0. The van der Waals surface area contributed by atoms with Gasteiger partial charge >= 0.3 is 99.2 Å². The van der Waals surface area contributed by atoms with Gasteiger partial charge in [0.2, 0.25) is 0 Å². The Morgan fingerprint density at radius 2 is 1.02 bits per heavy atom. The first-order valence-electron chi connectivity index (χ1n) is 16.2. The van der Waals surface area contributed by atoms with E-state index >= 15 is 0 Å². The molecule has 0 aromatic heterocycles. The minimum absolute atomic E-state index is 0. The molecule has 1 aliphatic carbocycles. The molecule has 0 bridgehead atoms. The van der Waals surface area contributed by atoms with Crippen molar-refractivity contribution in [2.75, 3.05) is 0 Å². The number of fused-ring (bicyclic) bond motifs is 3. The zero-order valence-corrected chi connectivity index (χ0v) is 34.0. The zero-order chi connectivity index (χ0) is 33.0. The molecule has 5 aromatic carbocycles. The Morgan fingerprint density at radius 1 is 0.617 bits per heavy atom. The Hall–Kier alpha value is -2.44. The van der Waals surface area contributed by atoms with Crippen LogP contribution in [0.2, 0.25) is 0 Å². The van der Waals surface area contributed by atoms with Crippen LogP contribution in [0.15, 0.2) is 121 Å². The van der Waals surface area contributed by atoms with Gasteiger partial charge in [-0.15, -0.1) is 71.5 Å². The van der Waals surface area contributed by atoms with Crippen LogP contribution in [0.5, 0.6) is 0 Å². The van der Waals surface area contributed by atoms with E-state index in [4.69, 9.17) is 0 Å². The van der Waals surface area contributed by atoms with Gasteiger partial charge in [0.25, 0.3) is 0 Å². The molecule has 1 atom stereocenters. The van der Waals surface area contributed by atoms with E-state index in [0.29, 0.717) is 11.3 Å². The number of allylic oxidation sites excluding steroid dienone is 4. The van der Waals surface area contributed by atoms with Crippen molar-refractivity contribution >= 4 is 49.6 Å². The van der Waals surface area contributed by atoms with Crippen molar-refractivity contribution in [1.29, 1.82) is 0 Å². The van der Waals surface area contributed by atoms with Crippen LogP contribution >= 0.6 is 24.8 Å². The second-order valence-electron chi connectivity index (χ2n) is 15.4. The van der Waals surface area contributed by atoms with Gasteiger partial charge in [0.15, 0.2) is 0 Å². The maximum absolute atomic E-state index is 3.33. The van der Waals surface area contributed by atoms with E-state index in [1.54, 1.807) is 0 Å². The summed E-state index contributed by atoms with van der Waals surface area (Å²) in [6.45, 7) is 22.5. The fourth-order valence-corrected chi connectivity index (χ4v) is 6.23. The normalized spacial score (nSPS) is 14.2. The molecule has 6 rings (SSSR count). The number of hydrogen-bond donors (Lipinski definition) is 0. The Balaban J connectivity index is 0.000000258. The summed E-state index contributed by atoms with van der Waals surface area (Å²) in [7, 11) is 0. The summed E-state index contributed by atoms with van der Waals surface area (Å²) in [5, 5.41) is 5.48. The molecule has 0 amide bonds. The molecule has 0 N–H and O–H groups in total. The molecule has 0 saturated heterocycles. The van der Waals surface area contributed by atoms with Gasteiger partial charge in [0.05, 0.1) is 0 Å². The van der Waals surface area contributed by atoms with Crippen LogP contribution in [0.3, 0.4) is 0 Å². The fourth-order valence-electron chi connectivity index (χ4n) is 5.41. The van der Waals surface area contributed by atoms with Crippen molar-refractivity contribution in [2.24, 2.45) is 11.3 Å². The molecule has 3 heteroatoms. The Labute approximate surface area is 312 Å². The Kier molecular flexibility index (Phi) is 14.6. The van der Waals surface area contributed by atoms with E-state index in [2.05, 4.69) is 191 Å². The van der Waals surface area contributed by atoms with Gasteiger partial charge in [-0.05, 0) is 16.2 Å². The first kappa shape index (κ1) is 40.7. The molecule has 5 aromatic rings. The number of rotatable bonds is 2. The van der Waals surface area contributed by atoms with Crippen LogP contribution in [0.1, 0.15) is 91.5 Å². The monoisotopic (exact) mass is 740 g/mol. The quantitative estimate of drug-likeness (QED) is 0.158. The molecule has 0 spiro atoms. The van der Waals surface area contributed by atoms with E-state index in [9.17, 15) is 0 Å². The third-order valence-electron chi connectivity index (χ3n) is 8.41. The second kappa shape index (κ2) is 16.8. The number of benzene rings is 4. The van der Waals surface area contributed by atoms with Crippen molar-refractivity contribution in [3.05, 3.63) is 149 Å². The zero-order valence-electron chi connectivity index (χ0n) is 29.9. The molecular formula is C44H52Cl2Zr. The molecule has 0 radical (unpaired) electrons. The molecule has 0 nitrogen and oxygen atoms in total. The van der Waals surface area contributed by atoms with Crippen molar-refractivity contribution in [3.8, 4) is 0 Å². The average molecular weight is 743 g/mol. The summed E-state index contributed by atoms with van der Waals surface area (Å²) in [6.07, 6.45) is 7.69. The molecule has 1 aliphatic rings. The summed E-state index contributed by atoms with van der Waals surface area (Å²) >= 11 is 1.46. The van der Waals surface area contributed by atoms with Gasteiger partial charge in [0, 0.05) is 0 Å². The summed E-state index contributed by atoms with van der Waals surface area (Å²) in [6, 6.07) is 37.3. The van der Waals surface area contributed by atoms with Crippen molar-refractivity contribution < 1.29 is 24.2 Å². The Bertz CT molecular complexity index is 1690. The molecule has 246 valence electrons. The van der Waals surface area contributed by atoms with Crippen LogP contribution in [-0.4, -0.2) is 3.21 Å². The molecule has 47 heavy (non-hydrogen) atoms. The second-order valence-corrected chi connectivity index (χ2v) is 16.6. The van der Waals surface area contributed by atoms with Crippen LogP contribution in [0, 0.1) is 17.4 Å². The molecule has 0 saturated carbocycles. The number of halogens is 2. The van der Waals surface area contributed by atoms with Gasteiger partial charge in [-0.2, -0.15) is 6.08 Å². The maximum atomic E-state index is 3.33. The van der Waals surface area contributed by atoms with Gasteiger partial charge < -0.3 is 0 Å². The van der Waals surface area contributed by atoms with Crippen LogP contribution < -0.4 is 0 Å². The van der Waals surface area contributed by atoms with Gasteiger partial charge in [-0.3, -0.25) is 6.08 Å². The van der Waals surface area contributed by atoms with E-state index in [1.165, 1.54) is 76.8 Å². The van der Waals surface area contributed by atoms with Crippen LogP contribution in [0.25, 0.3) is 21.5 Å². The third-order valence-corrected chi connectivity index (χ3v) is 9.83. The van der Waals surface area contributed by atoms with E-state index in [0.717, 1.165) is 0 Å². The molecule has 0 fully saturated rings. The minimum atomic E-state index is 0. The van der Waals surface area contributed by atoms with Gasteiger partial charge in [-0.25, -0.2) is 11.6 Å². The van der Waals surface area contributed by atoms with Crippen molar-refractivity contribution in [3.63, 3.8) is 0 Å². The van der Waals surface area contributed by atoms with Gasteiger partial charge in [0.1, 0.15) is 0 Å². The molecule has 0 aliphatic heterocycles. The van der Waals surface area contributed by atoms with E-state index in [-0.39, 0.29) is 35.6 Å². The Morgan fingerprint density at radius 3 is 1.32 bits per heavy atom. The fraction of sp³-hybridized carbons (Fsp3) is 0.318. The molecular weight excluding hydrogens is 691 g/mol. The van der Waals surface area contributed by atoms with Crippen LogP contribution in [-0.2, 0) is 35.1 Å². The van der Waals surface area contributed by atoms with Crippen molar-refractivity contribution in [1.82, 2.24) is 0 Å². The summed E-state index contributed by atoms with van der Waals surface area (Å²) in [5.41, 5.74) is 7.56. The third kappa shape index (κ3) is 11.0. The SMILES string of the molecule is CC(C)(C)c1ccc2c(c1)[cH-]c1cc(C(C)(C)C)ccc12.CC1=CC(C(C)(C)C)[C-]=C1.Cl.Cl.[Zr+2]=[C](c1ccccc1)c1ccccc1. The van der Waals surface area contributed by atoms with E-state index < -0.39 is 0 Å². The van der Waals surface area contributed by atoms with Crippen molar-refractivity contribution in [2.45, 2.75) is 80.1 Å². The first-order valence-corrected chi connectivity index (χ1v) is 17.4. The summed E-state index contributed by atoms with van der Waals surface area (Å²) < 4.78 is 1.42. The average Bonchev–Trinajstić information content (AvgIpc) is 3.60. The molecule has 1 unspecified atom stereocenters. The molecule has 0 heterocycles. The topological polar surface area (TPSA) is 0 Å². The predicted octanol–water partition coefficient (Wildman–Crippen LogP) is 12.9. The summed E-state index contributed by atoms with van der Waals surface area (Å²) in [5.74, 6) is 0.521. The standard InChI is InChI=1S/C21H25.C13H10.C10H15.2ClH.Zr/c1-20(2,3)16-7-9-18-14(12-16)11-15-13-17(21(4,5)6)8-10-19(15)18;1-3-7-12(8-4-1)11-13-9-5-2-6-10-13;1-8-5-6-9(7-8)10(2,3)4;;;/h7-13H,1-6H3;1-10H;5,7,9H,1-4H3;2*1H;/q-1;;-1;;;+2. The van der Waals surface area contributed by atoms with E-state index in [1.807, 2.05) is 0 Å².